The van der Waals surface area contributed by atoms with Crippen LogP contribution in [-0.4, -0.2) is 30.3 Å². The van der Waals surface area contributed by atoms with E-state index in [1.807, 2.05) is 48.9 Å². The van der Waals surface area contributed by atoms with Crippen LogP contribution in [0.1, 0.15) is 27.4 Å². The first-order valence-corrected chi connectivity index (χ1v) is 8.79. The maximum Gasteiger partial charge on any atom is 0.277 e. The number of nitrogens with zero attached hydrogens (tertiary/aromatic N) is 5. The summed E-state index contributed by atoms with van der Waals surface area (Å²) in [5.74, 6) is -0.381. The van der Waals surface area contributed by atoms with Gasteiger partial charge in [-0.15, -0.1) is 0 Å². The molecular weight excluding hydrogens is 364 g/mol. The molecule has 3 heterocycles. The van der Waals surface area contributed by atoms with Crippen molar-refractivity contribution < 1.29 is 4.79 Å². The molecule has 0 fully saturated rings. The molecule has 3 aromatic heterocycles. The largest absolute Gasteiger partial charge is 0.321 e. The fourth-order valence-corrected chi connectivity index (χ4v) is 3.21. The van der Waals surface area contributed by atoms with Gasteiger partial charge in [-0.05, 0) is 43.7 Å². The van der Waals surface area contributed by atoms with Gasteiger partial charge in [0.2, 0.25) is 0 Å². The average Bonchev–Trinajstić information content (AvgIpc) is 3.14. The number of rotatable bonds is 4. The Bertz CT molecular complexity index is 1150. The Morgan fingerprint density at radius 1 is 1.19 bits per heavy atom. The van der Waals surface area contributed by atoms with Gasteiger partial charge in [-0.3, -0.25) is 9.48 Å². The number of amides is 1. The van der Waals surface area contributed by atoms with Crippen LogP contribution in [0.25, 0.3) is 5.65 Å². The molecule has 0 aliphatic heterocycles. The summed E-state index contributed by atoms with van der Waals surface area (Å²) in [6.45, 7) is 4.61. The summed E-state index contributed by atoms with van der Waals surface area (Å²) in [5, 5.41) is 11.8. The van der Waals surface area contributed by atoms with E-state index < -0.39 is 0 Å². The topological polar surface area (TPSA) is 77.1 Å². The van der Waals surface area contributed by atoms with E-state index in [1.165, 1.54) is 4.52 Å². The van der Waals surface area contributed by atoms with Crippen molar-refractivity contribution in [2.75, 3.05) is 5.32 Å². The smallest absolute Gasteiger partial charge is 0.277 e. The molecule has 0 atom stereocenters. The molecule has 1 amide bonds. The highest BCUT2D eigenvalue weighted by atomic mass is 35.5. The van der Waals surface area contributed by atoms with E-state index in [0.717, 1.165) is 17.0 Å². The fraction of sp³-hybridized carbons (Fsp3) is 0.158. The highest BCUT2D eigenvalue weighted by Gasteiger charge is 2.19. The Balaban J connectivity index is 1.56. The molecule has 0 saturated carbocycles. The molecule has 0 unspecified atom stereocenters. The molecule has 4 rings (SSSR count). The van der Waals surface area contributed by atoms with Gasteiger partial charge in [-0.25, -0.2) is 9.50 Å². The predicted octanol–water partition coefficient (Wildman–Crippen LogP) is 3.50. The Morgan fingerprint density at radius 3 is 2.78 bits per heavy atom. The van der Waals surface area contributed by atoms with Gasteiger partial charge < -0.3 is 5.32 Å². The lowest BCUT2D eigenvalue weighted by Crippen LogP contribution is -2.13. The Morgan fingerprint density at radius 2 is 2.04 bits per heavy atom. The standard InChI is InChI=1S/C19H17ClN6O/c1-12-9-13(2)26(23-12)11-14-5-3-6-15(10-14)22-19(27)17-16(20)18-21-7-4-8-25(18)24-17/h3-10H,11H2,1-2H3,(H,22,27). The number of carbonyl (C=O) groups is 1. The molecule has 0 radical (unpaired) electrons. The molecule has 1 N–H and O–H groups in total. The van der Waals surface area contributed by atoms with Gasteiger partial charge in [0.05, 0.1) is 12.2 Å². The van der Waals surface area contributed by atoms with E-state index >= 15 is 0 Å². The van der Waals surface area contributed by atoms with Crippen LogP contribution in [0.5, 0.6) is 0 Å². The average molecular weight is 381 g/mol. The zero-order valence-corrected chi connectivity index (χ0v) is 15.6. The molecule has 7 nitrogen and oxygen atoms in total. The number of anilines is 1. The van der Waals surface area contributed by atoms with E-state index in [9.17, 15) is 4.79 Å². The molecule has 0 aliphatic rings. The van der Waals surface area contributed by atoms with Crippen molar-refractivity contribution in [3.8, 4) is 0 Å². The van der Waals surface area contributed by atoms with Crippen molar-refractivity contribution >= 4 is 28.8 Å². The van der Waals surface area contributed by atoms with Gasteiger partial charge in [0.1, 0.15) is 5.02 Å². The van der Waals surface area contributed by atoms with Crippen LogP contribution in [-0.2, 0) is 6.54 Å². The first-order chi connectivity index (χ1) is 13.0. The van der Waals surface area contributed by atoms with Crippen molar-refractivity contribution in [1.29, 1.82) is 0 Å². The van der Waals surface area contributed by atoms with E-state index in [-0.39, 0.29) is 16.6 Å². The van der Waals surface area contributed by atoms with Crippen molar-refractivity contribution in [3.63, 3.8) is 0 Å². The molecule has 8 heteroatoms. The Labute approximate surface area is 160 Å². The maximum atomic E-state index is 12.6. The summed E-state index contributed by atoms with van der Waals surface area (Å²) in [6.07, 6.45) is 3.30. The zero-order chi connectivity index (χ0) is 19.0. The monoisotopic (exact) mass is 380 g/mol. The molecule has 0 bridgehead atoms. The van der Waals surface area contributed by atoms with Crippen LogP contribution < -0.4 is 5.32 Å². The molecule has 1 aromatic carbocycles. The lowest BCUT2D eigenvalue weighted by molar-refractivity contribution is 0.102. The van der Waals surface area contributed by atoms with Gasteiger partial charge >= 0.3 is 0 Å². The third-order valence-corrected chi connectivity index (χ3v) is 4.52. The predicted molar refractivity (Wildman–Crippen MR) is 103 cm³/mol. The number of carbonyl (C=O) groups excluding carboxylic acids is 1. The van der Waals surface area contributed by atoms with Crippen LogP contribution >= 0.6 is 11.6 Å². The third-order valence-electron chi connectivity index (χ3n) is 4.17. The summed E-state index contributed by atoms with van der Waals surface area (Å²) < 4.78 is 3.41. The minimum atomic E-state index is -0.381. The zero-order valence-electron chi connectivity index (χ0n) is 14.8. The van der Waals surface area contributed by atoms with Gasteiger partial charge in [-0.2, -0.15) is 10.2 Å². The second-order valence-electron chi connectivity index (χ2n) is 6.29. The molecule has 0 aliphatic carbocycles. The normalized spacial score (nSPS) is 11.1. The second kappa shape index (κ2) is 6.85. The van der Waals surface area contributed by atoms with Gasteiger partial charge in [0.15, 0.2) is 11.3 Å². The summed E-state index contributed by atoms with van der Waals surface area (Å²) in [6, 6.07) is 11.4. The van der Waals surface area contributed by atoms with E-state index in [4.69, 9.17) is 11.6 Å². The lowest BCUT2D eigenvalue weighted by atomic mass is 10.2. The number of halogens is 1. The van der Waals surface area contributed by atoms with Crippen LogP contribution in [0, 0.1) is 13.8 Å². The van der Waals surface area contributed by atoms with Crippen LogP contribution in [0.3, 0.4) is 0 Å². The van der Waals surface area contributed by atoms with Gasteiger partial charge in [0.25, 0.3) is 5.91 Å². The fourth-order valence-electron chi connectivity index (χ4n) is 2.95. The SMILES string of the molecule is Cc1cc(C)n(Cc2cccc(NC(=O)c3nn4cccnc4c3Cl)c2)n1. The molecular formula is C19H17ClN6O. The molecule has 136 valence electrons. The highest BCUT2D eigenvalue weighted by Crippen LogP contribution is 2.21. The van der Waals surface area contributed by atoms with Crippen molar-refractivity contribution in [2.45, 2.75) is 20.4 Å². The number of aryl methyl sites for hydroxylation is 2. The summed E-state index contributed by atoms with van der Waals surface area (Å²) in [4.78, 5) is 16.8. The van der Waals surface area contributed by atoms with Crippen LogP contribution in [0.4, 0.5) is 5.69 Å². The minimum Gasteiger partial charge on any atom is -0.321 e. The third kappa shape index (κ3) is 3.41. The Kier molecular flexibility index (Phi) is 4.37. The highest BCUT2D eigenvalue weighted by molar-refractivity contribution is 6.37. The van der Waals surface area contributed by atoms with Crippen molar-refractivity contribution in [3.05, 3.63) is 76.5 Å². The Hall–Kier alpha value is -3.19. The molecule has 0 saturated heterocycles. The lowest BCUT2D eigenvalue weighted by Gasteiger charge is -2.08. The number of hydrogen-bond donors (Lipinski definition) is 1. The molecule has 4 aromatic rings. The van der Waals surface area contributed by atoms with Crippen molar-refractivity contribution in [2.24, 2.45) is 0 Å². The summed E-state index contributed by atoms with van der Waals surface area (Å²) in [7, 11) is 0. The van der Waals surface area contributed by atoms with E-state index in [0.29, 0.717) is 17.9 Å². The van der Waals surface area contributed by atoms with Crippen molar-refractivity contribution in [1.82, 2.24) is 24.4 Å². The van der Waals surface area contributed by atoms with Gasteiger partial charge in [-0.1, -0.05) is 23.7 Å². The summed E-state index contributed by atoms with van der Waals surface area (Å²) >= 11 is 6.26. The second-order valence-corrected chi connectivity index (χ2v) is 6.67. The minimum absolute atomic E-state index is 0.138. The van der Waals surface area contributed by atoms with Crippen LogP contribution in [0.2, 0.25) is 5.02 Å². The number of aromatic nitrogens is 5. The number of fused-ring (bicyclic) bond motifs is 1. The number of nitrogens with one attached hydrogen (secondary N) is 1. The molecule has 0 spiro atoms. The van der Waals surface area contributed by atoms with E-state index in [1.54, 1.807) is 18.5 Å². The quantitative estimate of drug-likeness (QED) is 0.587. The maximum absolute atomic E-state index is 12.6. The van der Waals surface area contributed by atoms with E-state index in [2.05, 4.69) is 20.5 Å². The first kappa shape index (κ1) is 17.2. The number of hydrogen-bond acceptors (Lipinski definition) is 4. The molecule has 27 heavy (non-hydrogen) atoms. The van der Waals surface area contributed by atoms with Crippen LogP contribution in [0.15, 0.2) is 48.8 Å². The number of benzene rings is 1. The van der Waals surface area contributed by atoms with Gasteiger partial charge in [0, 0.05) is 23.8 Å². The first-order valence-electron chi connectivity index (χ1n) is 8.41. The summed E-state index contributed by atoms with van der Waals surface area (Å²) in [5.41, 5.74) is 4.35.